The molecule has 0 unspecified atom stereocenters. The zero-order valence-electron chi connectivity index (χ0n) is 11.8. The number of aromatic nitrogens is 3. The largest absolute Gasteiger partial charge is 0.347 e. The predicted molar refractivity (Wildman–Crippen MR) is 76.5 cm³/mol. The van der Waals surface area contributed by atoms with Gasteiger partial charge in [-0.05, 0) is 25.1 Å². The van der Waals surface area contributed by atoms with Crippen molar-refractivity contribution in [3.8, 4) is 0 Å². The van der Waals surface area contributed by atoms with E-state index in [-0.39, 0.29) is 5.91 Å². The van der Waals surface area contributed by atoms with Crippen LogP contribution in [0.5, 0.6) is 0 Å². The molecule has 0 aliphatic heterocycles. The van der Waals surface area contributed by atoms with E-state index in [1.165, 1.54) is 0 Å². The average molecular weight is 271 g/mol. The van der Waals surface area contributed by atoms with Crippen molar-refractivity contribution in [3.05, 3.63) is 47.5 Å². The monoisotopic (exact) mass is 271 g/mol. The third-order valence-corrected chi connectivity index (χ3v) is 2.67. The highest BCUT2D eigenvalue weighted by Crippen LogP contribution is 2.07. The molecule has 0 atom stereocenters. The second-order valence-electron chi connectivity index (χ2n) is 4.61. The maximum Gasteiger partial charge on any atom is 0.251 e. The SMILES string of the molecule is Cc1cc(CNC(=O)c2ccncc2)nc(N(C)C)n1. The van der Waals surface area contributed by atoms with Crippen LogP contribution in [0.25, 0.3) is 0 Å². The minimum absolute atomic E-state index is 0.143. The Hall–Kier alpha value is -2.50. The molecule has 6 heteroatoms. The van der Waals surface area contributed by atoms with Gasteiger partial charge in [0, 0.05) is 37.7 Å². The molecule has 0 aliphatic carbocycles. The zero-order valence-corrected chi connectivity index (χ0v) is 11.8. The lowest BCUT2D eigenvalue weighted by Gasteiger charge is -2.12. The smallest absolute Gasteiger partial charge is 0.251 e. The number of nitrogens with zero attached hydrogens (tertiary/aromatic N) is 4. The Morgan fingerprint density at radius 2 is 1.95 bits per heavy atom. The van der Waals surface area contributed by atoms with Gasteiger partial charge in [-0.1, -0.05) is 0 Å². The summed E-state index contributed by atoms with van der Waals surface area (Å²) < 4.78 is 0. The molecule has 2 heterocycles. The van der Waals surface area contributed by atoms with E-state index in [4.69, 9.17) is 0 Å². The van der Waals surface area contributed by atoms with Crippen LogP contribution >= 0.6 is 0 Å². The first-order chi connectivity index (χ1) is 9.56. The van der Waals surface area contributed by atoms with Gasteiger partial charge in [0.2, 0.25) is 5.95 Å². The Morgan fingerprint density at radius 1 is 1.25 bits per heavy atom. The maximum absolute atomic E-state index is 11.9. The van der Waals surface area contributed by atoms with Crippen molar-refractivity contribution in [3.63, 3.8) is 0 Å². The molecule has 0 saturated heterocycles. The summed E-state index contributed by atoms with van der Waals surface area (Å²) >= 11 is 0. The summed E-state index contributed by atoms with van der Waals surface area (Å²) in [6.07, 6.45) is 3.18. The summed E-state index contributed by atoms with van der Waals surface area (Å²) in [6.45, 7) is 2.27. The van der Waals surface area contributed by atoms with Crippen LogP contribution in [0.15, 0.2) is 30.6 Å². The number of carbonyl (C=O) groups excluding carboxylic acids is 1. The van der Waals surface area contributed by atoms with E-state index in [1.54, 1.807) is 24.5 Å². The normalized spacial score (nSPS) is 10.2. The van der Waals surface area contributed by atoms with Crippen molar-refractivity contribution >= 4 is 11.9 Å². The Morgan fingerprint density at radius 3 is 2.60 bits per heavy atom. The quantitative estimate of drug-likeness (QED) is 0.904. The first-order valence-electron chi connectivity index (χ1n) is 6.26. The number of pyridine rings is 1. The molecule has 104 valence electrons. The fourth-order valence-electron chi connectivity index (χ4n) is 1.68. The van der Waals surface area contributed by atoms with Gasteiger partial charge in [0.1, 0.15) is 0 Å². The minimum Gasteiger partial charge on any atom is -0.347 e. The second-order valence-corrected chi connectivity index (χ2v) is 4.61. The van der Waals surface area contributed by atoms with Crippen molar-refractivity contribution in [2.24, 2.45) is 0 Å². The fraction of sp³-hybridized carbons (Fsp3) is 0.286. The van der Waals surface area contributed by atoms with Gasteiger partial charge in [0.05, 0.1) is 12.2 Å². The lowest BCUT2D eigenvalue weighted by Crippen LogP contribution is -2.24. The Labute approximate surface area is 117 Å². The van der Waals surface area contributed by atoms with Crippen molar-refractivity contribution < 1.29 is 4.79 Å². The molecule has 0 spiro atoms. The molecule has 1 amide bonds. The van der Waals surface area contributed by atoms with Crippen molar-refractivity contribution in [2.45, 2.75) is 13.5 Å². The third kappa shape index (κ3) is 3.50. The molecule has 20 heavy (non-hydrogen) atoms. The molecular weight excluding hydrogens is 254 g/mol. The van der Waals surface area contributed by atoms with E-state index in [2.05, 4.69) is 20.3 Å². The molecule has 0 radical (unpaired) electrons. The molecule has 2 aromatic rings. The highest BCUT2D eigenvalue weighted by atomic mass is 16.1. The van der Waals surface area contributed by atoms with Gasteiger partial charge in [-0.3, -0.25) is 9.78 Å². The van der Waals surface area contributed by atoms with Crippen LogP contribution in [-0.2, 0) is 6.54 Å². The molecule has 0 saturated carbocycles. The van der Waals surface area contributed by atoms with Crippen molar-refractivity contribution in [1.29, 1.82) is 0 Å². The number of carbonyl (C=O) groups is 1. The lowest BCUT2D eigenvalue weighted by atomic mass is 10.2. The van der Waals surface area contributed by atoms with Crippen LogP contribution in [0.4, 0.5) is 5.95 Å². The maximum atomic E-state index is 11.9. The molecule has 2 rings (SSSR count). The molecule has 2 aromatic heterocycles. The molecular formula is C14H17N5O. The van der Waals surface area contributed by atoms with E-state index < -0.39 is 0 Å². The summed E-state index contributed by atoms with van der Waals surface area (Å²) in [7, 11) is 3.77. The van der Waals surface area contributed by atoms with E-state index in [0.29, 0.717) is 18.1 Å². The lowest BCUT2D eigenvalue weighted by molar-refractivity contribution is 0.0950. The molecule has 6 nitrogen and oxygen atoms in total. The van der Waals surface area contributed by atoms with Gasteiger partial charge in [-0.25, -0.2) is 9.97 Å². The second kappa shape index (κ2) is 6.10. The first-order valence-corrected chi connectivity index (χ1v) is 6.26. The highest BCUT2D eigenvalue weighted by Gasteiger charge is 2.07. The van der Waals surface area contributed by atoms with Gasteiger partial charge in [-0.2, -0.15) is 0 Å². The molecule has 0 bridgehead atoms. The van der Waals surface area contributed by atoms with Gasteiger partial charge in [0.25, 0.3) is 5.91 Å². The topological polar surface area (TPSA) is 71.0 Å². The molecule has 0 aliphatic rings. The number of aryl methyl sites for hydroxylation is 1. The zero-order chi connectivity index (χ0) is 14.5. The highest BCUT2D eigenvalue weighted by molar-refractivity contribution is 5.93. The summed E-state index contributed by atoms with van der Waals surface area (Å²) in [6, 6.07) is 5.21. The third-order valence-electron chi connectivity index (χ3n) is 2.67. The molecule has 1 N–H and O–H groups in total. The minimum atomic E-state index is -0.143. The number of rotatable bonds is 4. The van der Waals surface area contributed by atoms with Gasteiger partial charge >= 0.3 is 0 Å². The number of amides is 1. The number of anilines is 1. The van der Waals surface area contributed by atoms with Crippen LogP contribution in [0.3, 0.4) is 0 Å². The summed E-state index contributed by atoms with van der Waals surface area (Å²) in [4.78, 5) is 26.3. The Balaban J connectivity index is 2.06. The van der Waals surface area contributed by atoms with Crippen LogP contribution in [0, 0.1) is 6.92 Å². The summed E-state index contributed by atoms with van der Waals surface area (Å²) in [5.41, 5.74) is 2.24. The van der Waals surface area contributed by atoms with Gasteiger partial charge < -0.3 is 10.2 Å². The van der Waals surface area contributed by atoms with Crippen LogP contribution in [-0.4, -0.2) is 35.0 Å². The van der Waals surface area contributed by atoms with E-state index in [1.807, 2.05) is 32.0 Å². The molecule has 0 fully saturated rings. The summed E-state index contributed by atoms with van der Waals surface area (Å²) in [5, 5.41) is 2.83. The standard InChI is InChI=1S/C14H17N5O/c1-10-8-12(18-14(17-10)19(2)3)9-16-13(20)11-4-6-15-7-5-11/h4-8H,9H2,1-3H3,(H,16,20). The number of nitrogens with one attached hydrogen (secondary N) is 1. The number of hydrogen-bond donors (Lipinski definition) is 1. The van der Waals surface area contributed by atoms with Gasteiger partial charge in [-0.15, -0.1) is 0 Å². The van der Waals surface area contributed by atoms with Crippen LogP contribution < -0.4 is 10.2 Å². The van der Waals surface area contributed by atoms with Crippen molar-refractivity contribution in [1.82, 2.24) is 20.3 Å². The number of hydrogen-bond acceptors (Lipinski definition) is 5. The van der Waals surface area contributed by atoms with Crippen LogP contribution in [0.2, 0.25) is 0 Å². The predicted octanol–water partition coefficient (Wildman–Crippen LogP) is 1.18. The Kier molecular flexibility index (Phi) is 4.24. The van der Waals surface area contributed by atoms with Crippen molar-refractivity contribution in [2.75, 3.05) is 19.0 Å². The van der Waals surface area contributed by atoms with E-state index >= 15 is 0 Å². The summed E-state index contributed by atoms with van der Waals surface area (Å²) in [5.74, 6) is 0.494. The first kappa shape index (κ1) is 13.9. The van der Waals surface area contributed by atoms with Crippen LogP contribution in [0.1, 0.15) is 21.7 Å². The van der Waals surface area contributed by atoms with Gasteiger partial charge in [0.15, 0.2) is 0 Å². The van der Waals surface area contributed by atoms with E-state index in [9.17, 15) is 4.79 Å². The average Bonchev–Trinajstić information content (AvgIpc) is 2.45. The van der Waals surface area contributed by atoms with E-state index in [0.717, 1.165) is 11.4 Å². The molecule has 0 aromatic carbocycles. The Bertz CT molecular complexity index is 598. The fourth-order valence-corrected chi connectivity index (χ4v) is 1.68.